The molecule has 19 heavy (non-hydrogen) atoms. The Morgan fingerprint density at radius 2 is 2.21 bits per heavy atom. The minimum absolute atomic E-state index is 0.0173. The van der Waals surface area contributed by atoms with Gasteiger partial charge in [0.05, 0.1) is 11.6 Å². The van der Waals surface area contributed by atoms with Crippen molar-refractivity contribution in [1.82, 2.24) is 4.90 Å². The van der Waals surface area contributed by atoms with Gasteiger partial charge in [0.1, 0.15) is 5.75 Å². The van der Waals surface area contributed by atoms with Crippen molar-refractivity contribution in [3.05, 3.63) is 27.7 Å². The third kappa shape index (κ3) is 5.01. The second-order valence-electron chi connectivity index (χ2n) is 4.27. The van der Waals surface area contributed by atoms with Crippen LogP contribution in [0.4, 0.5) is 0 Å². The highest BCUT2D eigenvalue weighted by Gasteiger charge is 2.17. The molecule has 1 N–H and O–H groups in total. The molecule has 0 atom stereocenters. The summed E-state index contributed by atoms with van der Waals surface area (Å²) in [5.74, 6) is 0.286. The molecule has 0 aliphatic rings. The molecule has 0 radical (unpaired) electrons. The number of aliphatic hydroxyl groups excluding tert-OH is 1. The first kappa shape index (κ1) is 16.3. The number of nitrogens with zero attached hydrogens (tertiary/aromatic N) is 1. The molecule has 1 aromatic rings. The Morgan fingerprint density at radius 3 is 2.74 bits per heavy atom. The van der Waals surface area contributed by atoms with Crippen molar-refractivity contribution < 1.29 is 14.6 Å². The predicted octanol–water partition coefficient (Wildman–Crippen LogP) is 2.71. The Hall–Kier alpha value is -0.780. The highest BCUT2D eigenvalue weighted by atomic mass is 79.9. The van der Waals surface area contributed by atoms with Crippen molar-refractivity contribution in [2.45, 2.75) is 19.9 Å². The Balaban J connectivity index is 2.62. The Kier molecular flexibility index (Phi) is 6.62. The number of halogens is 2. The van der Waals surface area contributed by atoms with E-state index in [-0.39, 0.29) is 25.2 Å². The lowest BCUT2D eigenvalue weighted by Crippen LogP contribution is -2.41. The van der Waals surface area contributed by atoms with Crippen LogP contribution in [0.2, 0.25) is 5.02 Å². The average Bonchev–Trinajstić information content (AvgIpc) is 2.34. The summed E-state index contributed by atoms with van der Waals surface area (Å²) in [7, 11) is 0. The summed E-state index contributed by atoms with van der Waals surface area (Å²) < 4.78 is 6.25. The molecule has 0 unspecified atom stereocenters. The number of carbonyl (C=O) groups excluding carboxylic acids is 1. The molecule has 1 amide bonds. The zero-order valence-electron chi connectivity index (χ0n) is 10.9. The van der Waals surface area contributed by atoms with E-state index in [0.717, 1.165) is 4.47 Å². The summed E-state index contributed by atoms with van der Waals surface area (Å²) in [6, 6.07) is 5.21. The second kappa shape index (κ2) is 7.72. The van der Waals surface area contributed by atoms with E-state index in [2.05, 4.69) is 15.9 Å². The summed E-state index contributed by atoms with van der Waals surface area (Å²) in [5.41, 5.74) is 0. The predicted molar refractivity (Wildman–Crippen MR) is 78.6 cm³/mol. The molecule has 0 aliphatic heterocycles. The van der Waals surface area contributed by atoms with E-state index >= 15 is 0 Å². The fraction of sp³-hybridized carbons (Fsp3) is 0.462. The number of hydrogen-bond donors (Lipinski definition) is 1. The molecule has 0 bridgehead atoms. The first-order valence-electron chi connectivity index (χ1n) is 5.94. The van der Waals surface area contributed by atoms with Crippen LogP contribution in [-0.4, -0.2) is 41.7 Å². The van der Waals surface area contributed by atoms with Crippen molar-refractivity contribution in [3.63, 3.8) is 0 Å². The van der Waals surface area contributed by atoms with E-state index in [1.807, 2.05) is 13.8 Å². The van der Waals surface area contributed by atoms with Crippen LogP contribution >= 0.6 is 27.5 Å². The van der Waals surface area contributed by atoms with Gasteiger partial charge in [0.2, 0.25) is 0 Å². The second-order valence-corrected chi connectivity index (χ2v) is 5.59. The Bertz CT molecular complexity index is 440. The molecule has 0 aliphatic carbocycles. The van der Waals surface area contributed by atoms with Gasteiger partial charge in [-0.15, -0.1) is 0 Å². The Labute approximate surface area is 126 Å². The molecule has 0 aromatic heterocycles. The van der Waals surface area contributed by atoms with E-state index in [0.29, 0.717) is 17.3 Å². The van der Waals surface area contributed by atoms with Crippen LogP contribution in [0.25, 0.3) is 0 Å². The van der Waals surface area contributed by atoms with Gasteiger partial charge in [-0.3, -0.25) is 4.79 Å². The molecular formula is C13H17BrClNO3. The third-order valence-electron chi connectivity index (χ3n) is 2.53. The fourth-order valence-electron chi connectivity index (χ4n) is 1.59. The van der Waals surface area contributed by atoms with Crippen LogP contribution in [0.1, 0.15) is 13.8 Å². The number of ether oxygens (including phenoxy) is 1. The molecule has 1 aromatic carbocycles. The van der Waals surface area contributed by atoms with Gasteiger partial charge in [-0.1, -0.05) is 27.5 Å². The monoisotopic (exact) mass is 349 g/mol. The van der Waals surface area contributed by atoms with E-state index in [1.54, 1.807) is 23.1 Å². The normalized spacial score (nSPS) is 10.6. The highest BCUT2D eigenvalue weighted by Crippen LogP contribution is 2.27. The van der Waals surface area contributed by atoms with Crippen LogP contribution in [0.15, 0.2) is 22.7 Å². The van der Waals surface area contributed by atoms with Gasteiger partial charge < -0.3 is 14.7 Å². The van der Waals surface area contributed by atoms with Crippen LogP contribution < -0.4 is 4.74 Å². The smallest absolute Gasteiger partial charge is 0.260 e. The minimum Gasteiger partial charge on any atom is -0.482 e. The van der Waals surface area contributed by atoms with E-state index in [1.165, 1.54) is 0 Å². The minimum atomic E-state index is -0.178. The summed E-state index contributed by atoms with van der Waals surface area (Å²) in [5, 5.41) is 9.38. The number of hydrogen-bond acceptors (Lipinski definition) is 3. The quantitative estimate of drug-likeness (QED) is 0.858. The molecule has 0 saturated carbocycles. The van der Waals surface area contributed by atoms with Crippen molar-refractivity contribution in [1.29, 1.82) is 0 Å². The van der Waals surface area contributed by atoms with Crippen molar-refractivity contribution in [2.24, 2.45) is 0 Å². The first-order valence-corrected chi connectivity index (χ1v) is 7.11. The largest absolute Gasteiger partial charge is 0.482 e. The molecule has 106 valence electrons. The molecule has 0 fully saturated rings. The van der Waals surface area contributed by atoms with Gasteiger partial charge in [0.25, 0.3) is 5.91 Å². The zero-order valence-corrected chi connectivity index (χ0v) is 13.2. The van der Waals surface area contributed by atoms with E-state index < -0.39 is 0 Å². The van der Waals surface area contributed by atoms with Gasteiger partial charge in [0, 0.05) is 17.1 Å². The van der Waals surface area contributed by atoms with Crippen LogP contribution in [0, 0.1) is 0 Å². The van der Waals surface area contributed by atoms with Crippen molar-refractivity contribution in [2.75, 3.05) is 19.8 Å². The Morgan fingerprint density at radius 1 is 1.53 bits per heavy atom. The third-order valence-corrected chi connectivity index (χ3v) is 3.32. The summed E-state index contributed by atoms with van der Waals surface area (Å²) in [4.78, 5) is 13.5. The SMILES string of the molecule is CC(C)N(CCO)C(=O)COc1ccc(Br)cc1Cl. The van der Waals surface area contributed by atoms with Crippen molar-refractivity contribution >= 4 is 33.4 Å². The average molecular weight is 351 g/mol. The molecule has 6 heteroatoms. The van der Waals surface area contributed by atoms with Crippen molar-refractivity contribution in [3.8, 4) is 5.75 Å². The number of benzene rings is 1. The zero-order chi connectivity index (χ0) is 14.4. The van der Waals surface area contributed by atoms with Gasteiger partial charge in [-0.2, -0.15) is 0 Å². The van der Waals surface area contributed by atoms with Gasteiger partial charge in [0.15, 0.2) is 6.61 Å². The molecule has 0 spiro atoms. The van der Waals surface area contributed by atoms with Gasteiger partial charge >= 0.3 is 0 Å². The van der Waals surface area contributed by atoms with E-state index in [4.69, 9.17) is 21.4 Å². The molecule has 1 rings (SSSR count). The summed E-state index contributed by atoms with van der Waals surface area (Å²) in [6.07, 6.45) is 0. The lowest BCUT2D eigenvalue weighted by atomic mass is 10.3. The maximum absolute atomic E-state index is 12.0. The fourth-order valence-corrected chi connectivity index (χ4v) is 2.32. The van der Waals surface area contributed by atoms with Crippen LogP contribution in [0.3, 0.4) is 0 Å². The molecule has 0 saturated heterocycles. The number of amides is 1. The summed E-state index contributed by atoms with van der Waals surface area (Å²) >= 11 is 9.29. The maximum atomic E-state index is 12.0. The first-order chi connectivity index (χ1) is 8.95. The van der Waals surface area contributed by atoms with Gasteiger partial charge in [-0.05, 0) is 32.0 Å². The lowest BCUT2D eigenvalue weighted by Gasteiger charge is -2.25. The lowest BCUT2D eigenvalue weighted by molar-refractivity contribution is -0.135. The highest BCUT2D eigenvalue weighted by molar-refractivity contribution is 9.10. The number of carbonyl (C=O) groups is 1. The number of aliphatic hydroxyl groups is 1. The molecule has 0 heterocycles. The van der Waals surface area contributed by atoms with Crippen LogP contribution in [0.5, 0.6) is 5.75 Å². The standard InChI is InChI=1S/C13H17BrClNO3/c1-9(2)16(5-6-17)13(18)8-19-12-4-3-10(14)7-11(12)15/h3-4,7,9,17H,5-6,8H2,1-2H3. The molecule has 4 nitrogen and oxygen atoms in total. The topological polar surface area (TPSA) is 49.8 Å². The number of rotatable bonds is 6. The molecular weight excluding hydrogens is 334 g/mol. The van der Waals surface area contributed by atoms with Gasteiger partial charge in [-0.25, -0.2) is 0 Å². The summed E-state index contributed by atoms with van der Waals surface area (Å²) in [6.45, 7) is 3.91. The van der Waals surface area contributed by atoms with Crippen LogP contribution in [-0.2, 0) is 4.79 Å². The van der Waals surface area contributed by atoms with E-state index in [9.17, 15) is 4.79 Å². The maximum Gasteiger partial charge on any atom is 0.260 e.